The minimum absolute atomic E-state index is 0.0886. The summed E-state index contributed by atoms with van der Waals surface area (Å²) in [4.78, 5) is 11.8. The lowest BCUT2D eigenvalue weighted by Crippen LogP contribution is -2.37. The second-order valence-electron chi connectivity index (χ2n) is 5.95. The Balaban J connectivity index is 2.13. The van der Waals surface area contributed by atoms with Gasteiger partial charge in [-0.1, -0.05) is 31.2 Å². The van der Waals surface area contributed by atoms with Gasteiger partial charge < -0.3 is 14.9 Å². The van der Waals surface area contributed by atoms with Crippen molar-refractivity contribution < 1.29 is 25.0 Å². The van der Waals surface area contributed by atoms with Crippen molar-refractivity contribution in [2.45, 2.75) is 25.4 Å². The number of carbonyl (C=O) groups is 1. The number of benzene rings is 2. The number of aliphatic hydroxyl groups is 1. The third-order valence-corrected chi connectivity index (χ3v) is 4.37. The fraction of sp³-hybridized carbons (Fsp3) is 0.211. The van der Waals surface area contributed by atoms with Gasteiger partial charge >= 0.3 is 0 Å². The van der Waals surface area contributed by atoms with Crippen LogP contribution in [-0.2, 0) is 16.8 Å². The zero-order chi connectivity index (χ0) is 18.0. The van der Waals surface area contributed by atoms with Gasteiger partial charge in [-0.3, -0.25) is 10.0 Å². The average molecular weight is 341 g/mol. The summed E-state index contributed by atoms with van der Waals surface area (Å²) in [6.07, 6.45) is 1.83. The van der Waals surface area contributed by atoms with Gasteiger partial charge in [0.25, 0.3) is 0 Å². The maximum absolute atomic E-state index is 11.8. The summed E-state index contributed by atoms with van der Waals surface area (Å²) in [5.41, 5.74) is 2.33. The number of hydrogen-bond acceptors (Lipinski definition) is 5. The highest BCUT2D eigenvalue weighted by molar-refractivity contribution is 5.84. The summed E-state index contributed by atoms with van der Waals surface area (Å²) in [7, 11) is 0. The molecule has 0 saturated heterocycles. The van der Waals surface area contributed by atoms with Gasteiger partial charge in [0.2, 0.25) is 5.91 Å². The van der Waals surface area contributed by atoms with E-state index in [1.54, 1.807) is 23.7 Å². The number of ether oxygens (including phenoxy) is 1. The van der Waals surface area contributed by atoms with Crippen molar-refractivity contribution in [3.8, 4) is 11.5 Å². The maximum atomic E-state index is 11.8. The number of phenolic OH excluding ortho intramolecular Hbond substituents is 1. The Kier molecular flexibility index (Phi) is 4.48. The number of amides is 1. The van der Waals surface area contributed by atoms with E-state index < -0.39 is 11.5 Å². The first-order valence-corrected chi connectivity index (χ1v) is 7.93. The van der Waals surface area contributed by atoms with Crippen molar-refractivity contribution in [3.63, 3.8) is 0 Å². The zero-order valence-corrected chi connectivity index (χ0v) is 13.7. The Morgan fingerprint density at radius 3 is 2.56 bits per heavy atom. The molecule has 1 aliphatic heterocycles. The van der Waals surface area contributed by atoms with Gasteiger partial charge in [-0.25, -0.2) is 5.48 Å². The number of carbonyl (C=O) groups excluding carboxylic acids is 1. The highest BCUT2D eigenvalue weighted by atomic mass is 16.5. The first-order valence-electron chi connectivity index (χ1n) is 7.93. The molecule has 0 spiro atoms. The van der Waals surface area contributed by atoms with Crippen molar-refractivity contribution in [2.75, 3.05) is 0 Å². The number of hydrogen-bond donors (Lipinski definition) is 4. The molecule has 6 heteroatoms. The predicted octanol–water partition coefficient (Wildman–Crippen LogP) is 2.47. The second kappa shape index (κ2) is 6.58. The van der Waals surface area contributed by atoms with Crippen molar-refractivity contribution in [1.82, 2.24) is 5.48 Å². The van der Waals surface area contributed by atoms with Gasteiger partial charge in [0.05, 0.1) is 12.7 Å². The molecule has 0 radical (unpaired) electrons. The highest BCUT2D eigenvalue weighted by Gasteiger charge is 2.42. The van der Waals surface area contributed by atoms with Gasteiger partial charge in [-0.05, 0) is 35.7 Å². The lowest BCUT2D eigenvalue weighted by atomic mass is 9.78. The molecule has 0 aliphatic carbocycles. The molecule has 1 amide bonds. The zero-order valence-electron chi connectivity index (χ0n) is 13.7. The van der Waals surface area contributed by atoms with E-state index in [2.05, 4.69) is 0 Å². The quantitative estimate of drug-likeness (QED) is 0.506. The van der Waals surface area contributed by atoms with Crippen LogP contribution >= 0.6 is 0 Å². The van der Waals surface area contributed by atoms with Crippen LogP contribution in [0.2, 0.25) is 0 Å². The fourth-order valence-electron chi connectivity index (χ4n) is 3.00. The number of rotatable bonds is 4. The number of nitrogens with one attached hydrogen (secondary N) is 1. The van der Waals surface area contributed by atoms with Gasteiger partial charge in [0.15, 0.2) is 0 Å². The predicted molar refractivity (Wildman–Crippen MR) is 91.0 cm³/mol. The molecule has 6 nitrogen and oxygen atoms in total. The van der Waals surface area contributed by atoms with E-state index in [-0.39, 0.29) is 12.2 Å². The smallest absolute Gasteiger partial charge is 0.246 e. The molecule has 130 valence electrons. The standard InChI is InChI=1S/C19H19NO5/c1-2-12-3-8-15-17(9-12)25-11-16(13-4-6-14(21)7-5-13)19(15,23)10-18(22)20-24/h3-9,11,21,23-24H,2,10H2,1H3,(H,20,22). The van der Waals surface area contributed by atoms with Crippen LogP contribution in [-0.4, -0.2) is 21.3 Å². The van der Waals surface area contributed by atoms with Crippen LogP contribution in [0.15, 0.2) is 48.7 Å². The van der Waals surface area contributed by atoms with Gasteiger partial charge in [-0.15, -0.1) is 0 Å². The second-order valence-corrected chi connectivity index (χ2v) is 5.95. The molecular weight excluding hydrogens is 322 g/mol. The molecular formula is C19H19NO5. The van der Waals surface area contributed by atoms with Crippen molar-refractivity contribution in [2.24, 2.45) is 0 Å². The van der Waals surface area contributed by atoms with Crippen LogP contribution in [0.3, 0.4) is 0 Å². The lowest BCUT2D eigenvalue weighted by molar-refractivity contribution is -0.132. The van der Waals surface area contributed by atoms with Crippen LogP contribution in [0, 0.1) is 0 Å². The summed E-state index contributed by atoms with van der Waals surface area (Å²) in [6.45, 7) is 2.01. The molecule has 0 bridgehead atoms. The van der Waals surface area contributed by atoms with E-state index in [0.29, 0.717) is 22.4 Å². The largest absolute Gasteiger partial charge is 0.508 e. The van der Waals surface area contributed by atoms with Crippen molar-refractivity contribution >= 4 is 11.5 Å². The van der Waals surface area contributed by atoms with E-state index in [9.17, 15) is 15.0 Å². The SMILES string of the molecule is CCc1ccc2c(c1)OC=C(c1ccc(O)cc1)C2(O)CC(=O)NO. The number of fused-ring (bicyclic) bond motifs is 1. The van der Waals surface area contributed by atoms with Crippen LogP contribution in [0.5, 0.6) is 11.5 Å². The normalized spacial score (nSPS) is 18.8. The van der Waals surface area contributed by atoms with E-state index in [1.807, 2.05) is 19.1 Å². The Labute approximate surface area is 145 Å². The summed E-state index contributed by atoms with van der Waals surface area (Å²) >= 11 is 0. The molecule has 3 rings (SSSR count). The minimum Gasteiger partial charge on any atom is -0.508 e. The molecule has 25 heavy (non-hydrogen) atoms. The van der Waals surface area contributed by atoms with Gasteiger partial charge in [0.1, 0.15) is 17.1 Å². The van der Waals surface area contributed by atoms with Crippen LogP contribution in [0.25, 0.3) is 5.57 Å². The van der Waals surface area contributed by atoms with E-state index in [1.165, 1.54) is 18.4 Å². The first kappa shape index (κ1) is 17.0. The molecule has 1 aliphatic rings. The number of aryl methyl sites for hydroxylation is 1. The van der Waals surface area contributed by atoms with Crippen LogP contribution in [0.4, 0.5) is 0 Å². The summed E-state index contributed by atoms with van der Waals surface area (Å²) < 4.78 is 5.70. The van der Waals surface area contributed by atoms with Crippen LogP contribution < -0.4 is 10.2 Å². The summed E-state index contributed by atoms with van der Waals surface area (Å²) in [5, 5.41) is 29.8. The van der Waals surface area contributed by atoms with Crippen LogP contribution in [0.1, 0.15) is 30.0 Å². The Morgan fingerprint density at radius 2 is 1.92 bits per heavy atom. The Morgan fingerprint density at radius 1 is 1.20 bits per heavy atom. The van der Waals surface area contributed by atoms with E-state index in [4.69, 9.17) is 9.94 Å². The summed E-state index contributed by atoms with van der Waals surface area (Å²) in [6, 6.07) is 11.6. The van der Waals surface area contributed by atoms with Gasteiger partial charge in [-0.2, -0.15) is 0 Å². The molecule has 0 aromatic heterocycles. The summed E-state index contributed by atoms with van der Waals surface area (Å²) in [5.74, 6) is -0.166. The minimum atomic E-state index is -1.68. The molecule has 2 aromatic carbocycles. The first-order chi connectivity index (χ1) is 12.0. The molecule has 1 heterocycles. The van der Waals surface area contributed by atoms with E-state index >= 15 is 0 Å². The van der Waals surface area contributed by atoms with Gasteiger partial charge in [0, 0.05) is 11.1 Å². The average Bonchev–Trinajstić information content (AvgIpc) is 2.62. The molecule has 1 unspecified atom stereocenters. The number of phenols is 1. The number of aromatic hydroxyl groups is 1. The molecule has 0 saturated carbocycles. The van der Waals surface area contributed by atoms with E-state index in [0.717, 1.165) is 12.0 Å². The fourth-order valence-corrected chi connectivity index (χ4v) is 3.00. The van der Waals surface area contributed by atoms with Crippen molar-refractivity contribution in [1.29, 1.82) is 0 Å². The molecule has 2 aromatic rings. The monoisotopic (exact) mass is 341 g/mol. The third-order valence-electron chi connectivity index (χ3n) is 4.37. The third kappa shape index (κ3) is 3.09. The van der Waals surface area contributed by atoms with Crippen molar-refractivity contribution in [3.05, 3.63) is 65.4 Å². The lowest BCUT2D eigenvalue weighted by Gasteiger charge is -2.35. The molecule has 1 atom stereocenters. The number of hydroxylamine groups is 1. The maximum Gasteiger partial charge on any atom is 0.246 e. The topological polar surface area (TPSA) is 99.0 Å². The Bertz CT molecular complexity index is 828. The highest BCUT2D eigenvalue weighted by Crippen LogP contribution is 2.46. The molecule has 0 fully saturated rings. The Hall–Kier alpha value is -2.83. The molecule has 4 N–H and O–H groups in total.